The average Bonchev–Trinajstić information content (AvgIpc) is 2.78. The summed E-state index contributed by atoms with van der Waals surface area (Å²) in [6, 6.07) is 12.5. The first-order chi connectivity index (χ1) is 16.1. The predicted molar refractivity (Wildman–Crippen MR) is 126 cm³/mol. The van der Waals surface area contributed by atoms with E-state index in [2.05, 4.69) is 21.2 Å². The zero-order valence-corrected chi connectivity index (χ0v) is 19.9. The molecule has 0 unspecified atom stereocenters. The van der Waals surface area contributed by atoms with E-state index in [0.29, 0.717) is 27.1 Å². The van der Waals surface area contributed by atoms with E-state index in [9.17, 15) is 22.4 Å². The lowest BCUT2D eigenvalue weighted by molar-refractivity contribution is -0.137. The summed E-state index contributed by atoms with van der Waals surface area (Å²) >= 11 is 8.96. The molecule has 0 saturated heterocycles. The molecule has 0 bridgehead atoms. The highest BCUT2D eigenvalue weighted by Gasteiger charge is 2.33. The van der Waals surface area contributed by atoms with E-state index in [1.807, 2.05) is 0 Å². The molecule has 3 aromatic rings. The second-order valence-corrected chi connectivity index (χ2v) is 8.19. The van der Waals surface area contributed by atoms with Gasteiger partial charge in [-0.15, -0.1) is 0 Å². The van der Waals surface area contributed by atoms with E-state index in [4.69, 9.17) is 21.1 Å². The molecule has 0 aromatic heterocycles. The molecule has 1 N–H and O–H groups in total. The van der Waals surface area contributed by atoms with Crippen LogP contribution in [0.3, 0.4) is 0 Å². The van der Waals surface area contributed by atoms with Crippen molar-refractivity contribution in [2.75, 3.05) is 12.4 Å². The molecule has 3 aromatic carbocycles. The zero-order valence-electron chi connectivity index (χ0n) is 17.6. The van der Waals surface area contributed by atoms with Crippen molar-refractivity contribution in [3.63, 3.8) is 0 Å². The molecule has 0 radical (unpaired) electrons. The minimum atomic E-state index is -4.65. The summed E-state index contributed by atoms with van der Waals surface area (Å²) in [6.45, 7) is -0.0275. The Morgan fingerprint density at radius 2 is 1.88 bits per heavy atom. The number of carbonyl (C=O) groups excluding carboxylic acids is 1. The van der Waals surface area contributed by atoms with E-state index >= 15 is 0 Å². The number of nitrogens with one attached hydrogen (secondary N) is 1. The summed E-state index contributed by atoms with van der Waals surface area (Å²) < 4.78 is 64.4. The highest BCUT2D eigenvalue weighted by Crippen LogP contribution is 2.38. The number of hydrogen-bond donors (Lipinski definition) is 1. The third-order valence-corrected chi connectivity index (χ3v) is 5.47. The van der Waals surface area contributed by atoms with Gasteiger partial charge in [0.1, 0.15) is 12.4 Å². The fourth-order valence-corrected chi connectivity index (χ4v) is 3.72. The Bertz CT molecular complexity index is 1230. The van der Waals surface area contributed by atoms with Crippen molar-refractivity contribution in [3.8, 4) is 11.5 Å². The van der Waals surface area contributed by atoms with Gasteiger partial charge in [0.2, 0.25) is 5.91 Å². The first kappa shape index (κ1) is 25.6. The standard InChI is InChI=1S/C24H17BrClF4NO3/c1-33-21-11-14(10-18(25)23(21)34-13-15-4-2-3-5-20(15)27)6-9-22(32)31-16-7-8-19(26)17(12-16)24(28,29)30/h2-12H,13H2,1H3,(H,31,32)/b9-6+. The van der Waals surface area contributed by atoms with Crippen LogP contribution in [0.5, 0.6) is 11.5 Å². The quantitative estimate of drug-likeness (QED) is 0.241. The van der Waals surface area contributed by atoms with Crippen molar-refractivity contribution in [2.24, 2.45) is 0 Å². The van der Waals surface area contributed by atoms with Gasteiger partial charge in [-0.05, 0) is 64.0 Å². The second kappa shape index (κ2) is 10.9. The molecule has 0 atom stereocenters. The Morgan fingerprint density at radius 3 is 2.56 bits per heavy atom. The highest BCUT2D eigenvalue weighted by molar-refractivity contribution is 9.10. The van der Waals surface area contributed by atoms with Crippen LogP contribution >= 0.6 is 27.5 Å². The van der Waals surface area contributed by atoms with E-state index in [0.717, 1.165) is 18.2 Å². The summed E-state index contributed by atoms with van der Waals surface area (Å²) in [5.41, 5.74) is -0.185. The van der Waals surface area contributed by atoms with Gasteiger partial charge in [0.05, 0.1) is 22.2 Å². The zero-order chi connectivity index (χ0) is 24.9. The molecule has 0 fully saturated rings. The molecule has 0 aliphatic carbocycles. The van der Waals surface area contributed by atoms with Gasteiger partial charge in [0.25, 0.3) is 0 Å². The van der Waals surface area contributed by atoms with Crippen molar-refractivity contribution < 1.29 is 31.8 Å². The van der Waals surface area contributed by atoms with Crippen molar-refractivity contribution in [3.05, 3.63) is 92.7 Å². The predicted octanol–water partition coefficient (Wildman–Crippen LogP) is 7.50. The Morgan fingerprint density at radius 1 is 1.15 bits per heavy atom. The van der Waals surface area contributed by atoms with Crippen LogP contribution in [0.1, 0.15) is 16.7 Å². The van der Waals surface area contributed by atoms with Gasteiger partial charge >= 0.3 is 6.18 Å². The molecule has 3 rings (SSSR count). The Hall–Kier alpha value is -3.04. The molecular formula is C24H17BrClF4NO3. The van der Waals surface area contributed by atoms with Gasteiger partial charge < -0.3 is 14.8 Å². The number of methoxy groups -OCH3 is 1. The third-order valence-electron chi connectivity index (χ3n) is 4.55. The summed E-state index contributed by atoms with van der Waals surface area (Å²) in [6.07, 6.45) is -2.04. The third kappa shape index (κ3) is 6.51. The number of rotatable bonds is 7. The summed E-state index contributed by atoms with van der Waals surface area (Å²) in [5.74, 6) is -0.372. The molecule has 0 saturated carbocycles. The first-order valence-corrected chi connectivity index (χ1v) is 10.8. The van der Waals surface area contributed by atoms with Gasteiger partial charge in [0, 0.05) is 17.3 Å². The maximum absolute atomic E-state index is 13.8. The lowest BCUT2D eigenvalue weighted by Gasteiger charge is -2.14. The van der Waals surface area contributed by atoms with Gasteiger partial charge in [-0.3, -0.25) is 4.79 Å². The largest absolute Gasteiger partial charge is 0.493 e. The minimum absolute atomic E-state index is 0.0275. The normalized spacial score (nSPS) is 11.5. The maximum atomic E-state index is 13.8. The van der Waals surface area contributed by atoms with Crippen LogP contribution < -0.4 is 14.8 Å². The maximum Gasteiger partial charge on any atom is 0.417 e. The molecular weight excluding hydrogens is 542 g/mol. The molecule has 0 aliphatic rings. The monoisotopic (exact) mass is 557 g/mol. The lowest BCUT2D eigenvalue weighted by atomic mass is 10.1. The first-order valence-electron chi connectivity index (χ1n) is 9.68. The molecule has 4 nitrogen and oxygen atoms in total. The smallest absolute Gasteiger partial charge is 0.417 e. The number of carbonyl (C=O) groups is 1. The Labute approximate surface area is 206 Å². The fourth-order valence-electron chi connectivity index (χ4n) is 2.92. The summed E-state index contributed by atoms with van der Waals surface area (Å²) in [5, 5.41) is 1.90. The minimum Gasteiger partial charge on any atom is -0.493 e. The molecule has 0 aliphatic heterocycles. The second-order valence-electron chi connectivity index (χ2n) is 6.93. The Balaban J connectivity index is 1.73. The van der Waals surface area contributed by atoms with Crippen LogP contribution in [-0.4, -0.2) is 13.0 Å². The molecule has 178 valence electrons. The number of alkyl halides is 3. The van der Waals surface area contributed by atoms with Crippen molar-refractivity contribution in [1.82, 2.24) is 0 Å². The Kier molecular flexibility index (Phi) is 8.22. The van der Waals surface area contributed by atoms with Gasteiger partial charge in [-0.1, -0.05) is 29.8 Å². The van der Waals surface area contributed by atoms with Crippen LogP contribution in [0.2, 0.25) is 5.02 Å². The molecule has 34 heavy (non-hydrogen) atoms. The van der Waals surface area contributed by atoms with Crippen molar-refractivity contribution in [1.29, 1.82) is 0 Å². The summed E-state index contributed by atoms with van der Waals surface area (Å²) in [4.78, 5) is 12.2. The number of ether oxygens (including phenoxy) is 2. The van der Waals surface area contributed by atoms with E-state index in [1.54, 1.807) is 30.3 Å². The highest BCUT2D eigenvalue weighted by atomic mass is 79.9. The fraction of sp³-hybridized carbons (Fsp3) is 0.125. The number of benzene rings is 3. The number of amides is 1. The molecule has 0 heterocycles. The molecule has 10 heteroatoms. The van der Waals surface area contributed by atoms with Gasteiger partial charge in [-0.2, -0.15) is 13.2 Å². The number of anilines is 1. The number of halogens is 6. The van der Waals surface area contributed by atoms with Crippen LogP contribution in [-0.2, 0) is 17.6 Å². The van der Waals surface area contributed by atoms with Crippen LogP contribution in [0.4, 0.5) is 23.2 Å². The van der Waals surface area contributed by atoms with Gasteiger partial charge in [-0.25, -0.2) is 4.39 Å². The van der Waals surface area contributed by atoms with Crippen LogP contribution in [0.15, 0.2) is 65.1 Å². The topological polar surface area (TPSA) is 47.6 Å². The van der Waals surface area contributed by atoms with Crippen molar-refractivity contribution >= 4 is 45.2 Å². The number of hydrogen-bond acceptors (Lipinski definition) is 3. The van der Waals surface area contributed by atoms with E-state index < -0.39 is 28.5 Å². The van der Waals surface area contributed by atoms with Crippen molar-refractivity contribution in [2.45, 2.75) is 12.8 Å². The van der Waals surface area contributed by atoms with Crippen LogP contribution in [0.25, 0.3) is 6.08 Å². The molecule has 0 spiro atoms. The van der Waals surface area contributed by atoms with E-state index in [1.165, 1.54) is 25.3 Å². The van der Waals surface area contributed by atoms with Crippen LogP contribution in [0, 0.1) is 5.82 Å². The molecule has 1 amide bonds. The summed E-state index contributed by atoms with van der Waals surface area (Å²) in [7, 11) is 1.43. The van der Waals surface area contributed by atoms with Gasteiger partial charge in [0.15, 0.2) is 11.5 Å². The van der Waals surface area contributed by atoms with E-state index in [-0.39, 0.29) is 12.3 Å². The lowest BCUT2D eigenvalue weighted by Crippen LogP contribution is -2.11. The SMILES string of the molecule is COc1cc(/C=C/C(=O)Nc2ccc(Cl)c(C(F)(F)F)c2)cc(Br)c1OCc1ccccc1F. The average molecular weight is 559 g/mol.